The summed E-state index contributed by atoms with van der Waals surface area (Å²) >= 11 is 1.71. The van der Waals surface area contributed by atoms with Gasteiger partial charge in [-0.2, -0.15) is 11.8 Å². The van der Waals surface area contributed by atoms with E-state index < -0.39 is 5.97 Å². The zero-order chi connectivity index (χ0) is 15.2. The van der Waals surface area contributed by atoms with Gasteiger partial charge in [0.1, 0.15) is 0 Å². The summed E-state index contributed by atoms with van der Waals surface area (Å²) in [5, 5.41) is 17.9. The average molecular weight is 317 g/mol. The Kier molecular flexibility index (Phi) is 6.13. The van der Waals surface area contributed by atoms with Gasteiger partial charge in [0.2, 0.25) is 0 Å². The number of urea groups is 1. The van der Waals surface area contributed by atoms with E-state index in [-0.39, 0.29) is 25.1 Å². The lowest BCUT2D eigenvalue weighted by molar-refractivity contribution is -0.138. The molecule has 120 valence electrons. The van der Waals surface area contributed by atoms with Crippen molar-refractivity contribution >= 4 is 23.8 Å². The number of hydrogen-bond donors (Lipinski definition) is 2. The van der Waals surface area contributed by atoms with Crippen LogP contribution >= 0.6 is 11.8 Å². The van der Waals surface area contributed by atoms with Crippen molar-refractivity contribution in [1.82, 2.24) is 14.7 Å². The molecule has 0 spiro atoms. The highest BCUT2D eigenvalue weighted by Crippen LogP contribution is 2.21. The Balaban J connectivity index is 1.90. The summed E-state index contributed by atoms with van der Waals surface area (Å²) < 4.78 is 0. The smallest absolute Gasteiger partial charge is 0.320 e. The number of thioether (sulfide) groups is 1. The first-order chi connectivity index (χ1) is 10.1. The molecule has 2 N–H and O–H groups in total. The molecule has 2 amide bonds. The maximum Gasteiger partial charge on any atom is 0.320 e. The Morgan fingerprint density at radius 1 is 1.14 bits per heavy atom. The number of carbonyl (C=O) groups excluding carboxylic acids is 1. The molecule has 0 saturated carbocycles. The van der Waals surface area contributed by atoms with Gasteiger partial charge in [-0.05, 0) is 0 Å². The van der Waals surface area contributed by atoms with Crippen LogP contribution in [0.3, 0.4) is 0 Å². The quantitative estimate of drug-likeness (QED) is 0.734. The van der Waals surface area contributed by atoms with E-state index in [1.165, 1.54) is 0 Å². The summed E-state index contributed by atoms with van der Waals surface area (Å²) in [4.78, 5) is 29.2. The van der Waals surface area contributed by atoms with Gasteiger partial charge in [-0.1, -0.05) is 0 Å². The third-order valence-corrected chi connectivity index (χ3v) is 5.03. The number of rotatable bonds is 4. The normalized spacial score (nSPS) is 24.1. The summed E-state index contributed by atoms with van der Waals surface area (Å²) in [7, 11) is 0. The van der Waals surface area contributed by atoms with Gasteiger partial charge in [0, 0.05) is 50.8 Å². The summed E-state index contributed by atoms with van der Waals surface area (Å²) in [6.07, 6.45) is 0.0171. The Morgan fingerprint density at radius 2 is 1.86 bits per heavy atom. The molecule has 0 aromatic rings. The first-order valence-electron chi connectivity index (χ1n) is 7.30. The second-order valence-electron chi connectivity index (χ2n) is 5.35. The number of β-amino-alcohol motifs (C(OH)–C–C–N with tert-alkyl or cyclic N) is 1. The molecule has 0 aromatic heterocycles. The van der Waals surface area contributed by atoms with E-state index in [0.29, 0.717) is 31.9 Å². The van der Waals surface area contributed by atoms with Crippen LogP contribution in [0.2, 0.25) is 0 Å². The molecule has 1 unspecified atom stereocenters. The average Bonchev–Trinajstić information content (AvgIpc) is 2.48. The van der Waals surface area contributed by atoms with E-state index in [0.717, 1.165) is 18.8 Å². The molecule has 21 heavy (non-hydrogen) atoms. The van der Waals surface area contributed by atoms with Crippen LogP contribution in [0, 0.1) is 0 Å². The molecule has 2 aliphatic heterocycles. The van der Waals surface area contributed by atoms with Crippen molar-refractivity contribution in [2.75, 3.05) is 57.4 Å². The summed E-state index contributed by atoms with van der Waals surface area (Å²) in [6, 6.07) is -0.241. The predicted molar refractivity (Wildman–Crippen MR) is 80.6 cm³/mol. The van der Waals surface area contributed by atoms with Gasteiger partial charge in [0.15, 0.2) is 0 Å². The standard InChI is InChI=1S/C13H23N3O4S/c17-7-5-14-1-3-15(4-2-14)13(20)16-6-8-21-10-11(16)9-12(18)19/h11,17H,1-10H2,(H,18,19). The van der Waals surface area contributed by atoms with Crippen molar-refractivity contribution in [3.63, 3.8) is 0 Å². The van der Waals surface area contributed by atoms with Crippen LogP contribution in [-0.4, -0.2) is 100 Å². The first kappa shape index (κ1) is 16.4. The summed E-state index contributed by atoms with van der Waals surface area (Å²) in [5.74, 6) is 0.711. The number of amides is 2. The predicted octanol–water partition coefficient (Wildman–Crippen LogP) is -0.392. The Hall–Kier alpha value is -0.990. The molecule has 0 radical (unpaired) electrons. The van der Waals surface area contributed by atoms with Gasteiger partial charge in [0.05, 0.1) is 19.1 Å². The van der Waals surface area contributed by atoms with E-state index in [1.54, 1.807) is 21.6 Å². The molecule has 0 bridgehead atoms. The zero-order valence-electron chi connectivity index (χ0n) is 12.1. The number of aliphatic hydroxyl groups excluding tert-OH is 1. The van der Waals surface area contributed by atoms with Gasteiger partial charge in [0.25, 0.3) is 0 Å². The SMILES string of the molecule is O=C(O)CC1CSCCN1C(=O)N1CCN(CCO)CC1. The molecular formula is C13H23N3O4S. The fourth-order valence-corrected chi connectivity index (χ4v) is 3.83. The highest BCUT2D eigenvalue weighted by atomic mass is 32.2. The molecule has 1 atom stereocenters. The van der Waals surface area contributed by atoms with Gasteiger partial charge < -0.3 is 20.0 Å². The third kappa shape index (κ3) is 4.49. The van der Waals surface area contributed by atoms with Crippen LogP contribution in [0.25, 0.3) is 0 Å². The maximum absolute atomic E-state index is 12.6. The number of carbonyl (C=O) groups is 2. The number of hydrogen-bond acceptors (Lipinski definition) is 5. The van der Waals surface area contributed by atoms with Crippen molar-refractivity contribution in [2.24, 2.45) is 0 Å². The molecule has 2 rings (SSSR count). The van der Waals surface area contributed by atoms with Gasteiger partial charge in [-0.15, -0.1) is 0 Å². The molecule has 0 aromatic carbocycles. The Labute approximate surface area is 128 Å². The lowest BCUT2D eigenvalue weighted by atomic mass is 10.2. The van der Waals surface area contributed by atoms with E-state index >= 15 is 0 Å². The van der Waals surface area contributed by atoms with Crippen LogP contribution in [0.5, 0.6) is 0 Å². The molecular weight excluding hydrogens is 294 g/mol. The Bertz CT molecular complexity index is 374. The second-order valence-corrected chi connectivity index (χ2v) is 6.50. The van der Waals surface area contributed by atoms with Crippen molar-refractivity contribution in [3.05, 3.63) is 0 Å². The highest BCUT2D eigenvalue weighted by Gasteiger charge is 2.32. The molecule has 2 heterocycles. The van der Waals surface area contributed by atoms with Crippen LogP contribution < -0.4 is 0 Å². The number of carboxylic acids is 1. The van der Waals surface area contributed by atoms with Crippen molar-refractivity contribution in [2.45, 2.75) is 12.5 Å². The number of carboxylic acid groups (broad SMARTS) is 1. The lowest BCUT2D eigenvalue weighted by Crippen LogP contribution is -2.57. The van der Waals surface area contributed by atoms with Gasteiger partial charge >= 0.3 is 12.0 Å². The molecule has 0 aliphatic carbocycles. The molecule has 8 heteroatoms. The van der Waals surface area contributed by atoms with E-state index in [9.17, 15) is 9.59 Å². The monoisotopic (exact) mass is 317 g/mol. The maximum atomic E-state index is 12.6. The van der Waals surface area contributed by atoms with Crippen LogP contribution in [-0.2, 0) is 4.79 Å². The van der Waals surface area contributed by atoms with E-state index in [1.807, 2.05) is 0 Å². The molecule has 7 nitrogen and oxygen atoms in total. The van der Waals surface area contributed by atoms with Crippen LogP contribution in [0.15, 0.2) is 0 Å². The minimum absolute atomic E-state index is 0.0171. The molecule has 2 aliphatic rings. The highest BCUT2D eigenvalue weighted by molar-refractivity contribution is 7.99. The van der Waals surface area contributed by atoms with E-state index in [4.69, 9.17) is 10.2 Å². The number of nitrogens with zero attached hydrogens (tertiary/aromatic N) is 3. The fraction of sp³-hybridized carbons (Fsp3) is 0.846. The first-order valence-corrected chi connectivity index (χ1v) is 8.45. The largest absolute Gasteiger partial charge is 0.481 e. The minimum atomic E-state index is -0.854. The minimum Gasteiger partial charge on any atom is -0.481 e. The summed E-state index contributed by atoms with van der Waals surface area (Å²) in [5.41, 5.74) is 0. The fourth-order valence-electron chi connectivity index (χ4n) is 2.76. The molecule has 2 fully saturated rings. The van der Waals surface area contributed by atoms with Gasteiger partial charge in [-0.3, -0.25) is 9.69 Å². The second kappa shape index (κ2) is 7.86. The molecule has 2 saturated heterocycles. The van der Waals surface area contributed by atoms with Crippen molar-refractivity contribution in [1.29, 1.82) is 0 Å². The summed E-state index contributed by atoms with van der Waals surface area (Å²) in [6.45, 7) is 4.21. The van der Waals surface area contributed by atoms with Gasteiger partial charge in [-0.25, -0.2) is 4.79 Å². The Morgan fingerprint density at radius 3 is 2.48 bits per heavy atom. The lowest BCUT2D eigenvalue weighted by Gasteiger charge is -2.41. The van der Waals surface area contributed by atoms with Crippen molar-refractivity contribution < 1.29 is 19.8 Å². The topological polar surface area (TPSA) is 84.3 Å². The number of aliphatic carboxylic acids is 1. The van der Waals surface area contributed by atoms with Crippen LogP contribution in [0.4, 0.5) is 4.79 Å². The van der Waals surface area contributed by atoms with Crippen molar-refractivity contribution in [3.8, 4) is 0 Å². The number of aliphatic hydroxyl groups is 1. The van der Waals surface area contributed by atoms with E-state index in [2.05, 4.69) is 4.90 Å². The number of piperazine rings is 1. The van der Waals surface area contributed by atoms with Crippen LogP contribution in [0.1, 0.15) is 6.42 Å². The zero-order valence-corrected chi connectivity index (χ0v) is 12.9. The third-order valence-electron chi connectivity index (χ3n) is 3.94.